The van der Waals surface area contributed by atoms with E-state index in [1.54, 1.807) is 19.2 Å². The number of rotatable bonds is 5. The third-order valence-corrected chi connectivity index (χ3v) is 4.25. The van der Waals surface area contributed by atoms with E-state index in [4.69, 9.17) is 4.74 Å². The Kier molecular flexibility index (Phi) is 5.35. The summed E-state index contributed by atoms with van der Waals surface area (Å²) in [5.41, 5.74) is 3.84. The normalized spacial score (nSPS) is 10.5. The highest BCUT2D eigenvalue weighted by atomic mass is 16.5. The summed E-state index contributed by atoms with van der Waals surface area (Å²) in [6, 6.07) is 14.5. The predicted octanol–water partition coefficient (Wildman–Crippen LogP) is 3.17. The maximum absolute atomic E-state index is 12.4. The van der Waals surface area contributed by atoms with E-state index in [1.165, 1.54) is 17.0 Å². The average Bonchev–Trinajstić information content (AvgIpc) is 2.66. The first kappa shape index (κ1) is 18.4. The van der Waals surface area contributed by atoms with Gasteiger partial charge in [-0.25, -0.2) is 4.98 Å². The maximum atomic E-state index is 12.4. The number of aryl methyl sites for hydroxylation is 2. The van der Waals surface area contributed by atoms with Crippen LogP contribution in [0.5, 0.6) is 5.75 Å². The van der Waals surface area contributed by atoms with Gasteiger partial charge in [-0.2, -0.15) is 0 Å². The van der Waals surface area contributed by atoms with E-state index < -0.39 is 0 Å². The van der Waals surface area contributed by atoms with Crippen molar-refractivity contribution in [1.29, 1.82) is 0 Å². The molecule has 0 aliphatic heterocycles. The largest absolute Gasteiger partial charge is 0.497 e. The van der Waals surface area contributed by atoms with Crippen LogP contribution in [0.1, 0.15) is 11.1 Å². The van der Waals surface area contributed by atoms with Gasteiger partial charge in [0.15, 0.2) is 0 Å². The zero-order chi connectivity index (χ0) is 19.4. The molecule has 1 aromatic heterocycles. The maximum Gasteiger partial charge on any atom is 0.254 e. The summed E-state index contributed by atoms with van der Waals surface area (Å²) in [7, 11) is 1.59. The zero-order valence-electron chi connectivity index (χ0n) is 15.5. The first-order chi connectivity index (χ1) is 13.0. The van der Waals surface area contributed by atoms with Crippen molar-refractivity contribution in [2.24, 2.45) is 0 Å². The standard InChI is InChI=1S/C21H21N3O3/c1-14-4-5-15(2)18(10-14)23-20(25)12-24-13-22-19(11-21(24)26)16-6-8-17(27-3)9-7-16/h4-11,13H,12H2,1-3H3,(H,23,25). The molecule has 0 unspecified atom stereocenters. The Balaban J connectivity index is 1.74. The average molecular weight is 363 g/mol. The van der Waals surface area contributed by atoms with Gasteiger partial charge in [-0.1, -0.05) is 12.1 Å². The number of hydrogen-bond acceptors (Lipinski definition) is 4. The van der Waals surface area contributed by atoms with Gasteiger partial charge in [-0.15, -0.1) is 0 Å². The van der Waals surface area contributed by atoms with Crippen LogP contribution < -0.4 is 15.6 Å². The first-order valence-corrected chi connectivity index (χ1v) is 8.54. The van der Waals surface area contributed by atoms with E-state index in [0.717, 1.165) is 28.1 Å². The molecule has 0 saturated heterocycles. The molecule has 0 saturated carbocycles. The Bertz CT molecular complexity index is 1020. The lowest BCUT2D eigenvalue weighted by Crippen LogP contribution is -2.27. The van der Waals surface area contributed by atoms with E-state index >= 15 is 0 Å². The second-order valence-electron chi connectivity index (χ2n) is 6.34. The number of amides is 1. The van der Waals surface area contributed by atoms with Gasteiger partial charge in [-0.3, -0.25) is 14.2 Å². The van der Waals surface area contributed by atoms with Gasteiger partial charge >= 0.3 is 0 Å². The lowest BCUT2D eigenvalue weighted by Gasteiger charge is -2.11. The fraction of sp³-hybridized carbons (Fsp3) is 0.190. The molecule has 0 bridgehead atoms. The van der Waals surface area contributed by atoms with Crippen molar-refractivity contribution in [2.75, 3.05) is 12.4 Å². The topological polar surface area (TPSA) is 73.2 Å². The van der Waals surface area contributed by atoms with Crippen LogP contribution in [-0.2, 0) is 11.3 Å². The Labute approximate surface area is 157 Å². The van der Waals surface area contributed by atoms with Crippen LogP contribution in [0.4, 0.5) is 5.69 Å². The highest BCUT2D eigenvalue weighted by molar-refractivity contribution is 5.91. The van der Waals surface area contributed by atoms with Gasteiger partial charge in [0.05, 0.1) is 19.1 Å². The van der Waals surface area contributed by atoms with Crippen LogP contribution in [0.15, 0.2) is 59.7 Å². The van der Waals surface area contributed by atoms with Crippen molar-refractivity contribution >= 4 is 11.6 Å². The number of anilines is 1. The molecule has 138 valence electrons. The van der Waals surface area contributed by atoms with Crippen LogP contribution in [0, 0.1) is 13.8 Å². The molecule has 1 N–H and O–H groups in total. The number of ether oxygens (including phenoxy) is 1. The van der Waals surface area contributed by atoms with E-state index in [9.17, 15) is 9.59 Å². The molecule has 0 fully saturated rings. The second kappa shape index (κ2) is 7.86. The molecule has 6 nitrogen and oxygen atoms in total. The minimum absolute atomic E-state index is 0.0951. The summed E-state index contributed by atoms with van der Waals surface area (Å²) < 4.78 is 6.41. The highest BCUT2D eigenvalue weighted by Crippen LogP contribution is 2.19. The highest BCUT2D eigenvalue weighted by Gasteiger charge is 2.09. The number of nitrogens with zero attached hydrogens (tertiary/aromatic N) is 2. The molecule has 6 heteroatoms. The fourth-order valence-electron chi connectivity index (χ4n) is 2.68. The molecule has 0 atom stereocenters. The summed E-state index contributed by atoms with van der Waals surface area (Å²) in [4.78, 5) is 29.0. The van der Waals surface area contributed by atoms with Crippen molar-refractivity contribution < 1.29 is 9.53 Å². The van der Waals surface area contributed by atoms with Crippen molar-refractivity contribution in [3.8, 4) is 17.0 Å². The van der Waals surface area contributed by atoms with Crippen LogP contribution >= 0.6 is 0 Å². The van der Waals surface area contributed by atoms with Crippen molar-refractivity contribution in [2.45, 2.75) is 20.4 Å². The van der Waals surface area contributed by atoms with E-state index in [1.807, 2.05) is 44.2 Å². The lowest BCUT2D eigenvalue weighted by molar-refractivity contribution is -0.116. The van der Waals surface area contributed by atoms with E-state index in [-0.39, 0.29) is 18.0 Å². The zero-order valence-corrected chi connectivity index (χ0v) is 15.5. The summed E-state index contributed by atoms with van der Waals surface area (Å²) in [5, 5.41) is 2.85. The SMILES string of the molecule is COc1ccc(-c2cc(=O)n(CC(=O)Nc3cc(C)ccc3C)cn2)cc1. The minimum Gasteiger partial charge on any atom is -0.497 e. The summed E-state index contributed by atoms with van der Waals surface area (Å²) in [6.45, 7) is 3.79. The molecule has 0 aliphatic carbocycles. The Morgan fingerprint density at radius 2 is 1.85 bits per heavy atom. The van der Waals surface area contributed by atoms with Crippen LogP contribution in [0.3, 0.4) is 0 Å². The molecular formula is C21H21N3O3. The first-order valence-electron chi connectivity index (χ1n) is 8.54. The molecular weight excluding hydrogens is 342 g/mol. The van der Waals surface area contributed by atoms with E-state index in [2.05, 4.69) is 10.3 Å². The van der Waals surface area contributed by atoms with Crippen molar-refractivity contribution in [3.63, 3.8) is 0 Å². The number of benzene rings is 2. The summed E-state index contributed by atoms with van der Waals surface area (Å²) in [5.74, 6) is 0.458. The van der Waals surface area contributed by atoms with Gasteiger partial charge in [-0.05, 0) is 55.3 Å². The predicted molar refractivity (Wildman–Crippen MR) is 105 cm³/mol. The molecule has 27 heavy (non-hydrogen) atoms. The Morgan fingerprint density at radius 3 is 2.52 bits per heavy atom. The van der Waals surface area contributed by atoms with Crippen LogP contribution in [0.25, 0.3) is 11.3 Å². The van der Waals surface area contributed by atoms with Gasteiger partial charge in [0.2, 0.25) is 5.91 Å². The third kappa shape index (κ3) is 4.41. The fourth-order valence-corrected chi connectivity index (χ4v) is 2.68. The van der Waals surface area contributed by atoms with Crippen molar-refractivity contribution in [1.82, 2.24) is 9.55 Å². The number of aromatic nitrogens is 2. The molecule has 1 amide bonds. The van der Waals surface area contributed by atoms with Gasteiger partial charge in [0, 0.05) is 17.3 Å². The van der Waals surface area contributed by atoms with E-state index in [0.29, 0.717) is 5.69 Å². The second-order valence-corrected chi connectivity index (χ2v) is 6.34. The molecule has 2 aromatic carbocycles. The monoisotopic (exact) mass is 363 g/mol. The molecule has 0 spiro atoms. The van der Waals surface area contributed by atoms with Gasteiger partial charge < -0.3 is 10.1 Å². The Hall–Kier alpha value is -3.41. The summed E-state index contributed by atoms with van der Waals surface area (Å²) in [6.07, 6.45) is 1.39. The van der Waals surface area contributed by atoms with Crippen LogP contribution in [0.2, 0.25) is 0 Å². The molecule has 3 aromatic rings. The smallest absolute Gasteiger partial charge is 0.254 e. The molecule has 1 heterocycles. The number of nitrogens with one attached hydrogen (secondary N) is 1. The quantitative estimate of drug-likeness (QED) is 0.756. The summed E-state index contributed by atoms with van der Waals surface area (Å²) >= 11 is 0. The lowest BCUT2D eigenvalue weighted by atomic mass is 10.1. The Morgan fingerprint density at radius 1 is 1.11 bits per heavy atom. The van der Waals surface area contributed by atoms with Crippen LogP contribution in [-0.4, -0.2) is 22.6 Å². The van der Waals surface area contributed by atoms with Gasteiger partial charge in [0.1, 0.15) is 12.3 Å². The third-order valence-electron chi connectivity index (χ3n) is 4.25. The molecule has 0 aliphatic rings. The number of hydrogen-bond donors (Lipinski definition) is 1. The van der Waals surface area contributed by atoms with Crippen molar-refractivity contribution in [3.05, 3.63) is 76.3 Å². The minimum atomic E-state index is -0.285. The molecule has 3 rings (SSSR count). The molecule has 0 radical (unpaired) electrons. The number of carbonyl (C=O) groups excluding carboxylic acids is 1. The van der Waals surface area contributed by atoms with Gasteiger partial charge in [0.25, 0.3) is 5.56 Å². The number of methoxy groups -OCH3 is 1. The number of carbonyl (C=O) groups is 1.